The van der Waals surface area contributed by atoms with Gasteiger partial charge in [0.05, 0.1) is 5.69 Å². The number of carbonyl (C=O) groups excluding carboxylic acids is 2. The highest BCUT2D eigenvalue weighted by atomic mass is 16.6. The Kier molecular flexibility index (Phi) is 5.12. The van der Waals surface area contributed by atoms with Crippen LogP contribution in [-0.4, -0.2) is 33.2 Å². The minimum Gasteiger partial charge on any atom is -0.353 e. The van der Waals surface area contributed by atoms with Gasteiger partial charge in [-0.25, -0.2) is 4.98 Å². The Morgan fingerprint density at radius 2 is 1.40 bits per heavy atom. The molecule has 2 unspecified atom stereocenters. The van der Waals surface area contributed by atoms with Crippen LogP contribution in [0.1, 0.15) is 17.3 Å². The van der Waals surface area contributed by atoms with E-state index in [0.29, 0.717) is 5.56 Å². The van der Waals surface area contributed by atoms with Crippen molar-refractivity contribution in [3.8, 4) is 33.5 Å². The summed E-state index contributed by atoms with van der Waals surface area (Å²) in [5, 5.41) is 0. The number of pyridine rings is 1. The molecule has 0 N–H and O–H groups in total. The third-order valence-corrected chi connectivity index (χ3v) is 6.36. The van der Waals surface area contributed by atoms with E-state index in [2.05, 4.69) is 40.9 Å². The molecule has 0 radical (unpaired) electrons. The highest BCUT2D eigenvalue weighted by molar-refractivity contribution is 6.05. The van der Waals surface area contributed by atoms with Gasteiger partial charge in [-0.15, -0.1) is 0 Å². The lowest BCUT2D eigenvalue weighted by molar-refractivity contribution is -0.118. The summed E-state index contributed by atoms with van der Waals surface area (Å²) in [5.74, 6) is -0.278. The number of rotatable bonds is 6. The standard InChI is InChI=1S/C30H22N2O3/c1-19(33)28-29(35-28)27(34)23-14-12-22(13-15-23)26-18-32-17-24(20-8-4-2-5-9-20)16-25(30(32)31-26)21-10-6-3-7-11-21/h2-18,28-29H,1H3. The van der Waals surface area contributed by atoms with Gasteiger partial charge in [0.25, 0.3) is 0 Å². The molecular formula is C30H22N2O3. The van der Waals surface area contributed by atoms with Gasteiger partial charge in [0.15, 0.2) is 23.8 Å². The van der Waals surface area contributed by atoms with Gasteiger partial charge in [-0.1, -0.05) is 84.9 Å². The van der Waals surface area contributed by atoms with Gasteiger partial charge in [0.1, 0.15) is 5.65 Å². The number of hydrogen-bond acceptors (Lipinski definition) is 4. The molecule has 1 fully saturated rings. The zero-order valence-electron chi connectivity index (χ0n) is 19.1. The monoisotopic (exact) mass is 458 g/mol. The highest BCUT2D eigenvalue weighted by Gasteiger charge is 2.48. The Morgan fingerprint density at radius 1 is 0.743 bits per heavy atom. The van der Waals surface area contributed by atoms with Crippen LogP contribution in [0.5, 0.6) is 0 Å². The molecule has 1 saturated heterocycles. The zero-order chi connectivity index (χ0) is 23.9. The molecule has 3 aromatic carbocycles. The van der Waals surface area contributed by atoms with Gasteiger partial charge in [-0.05, 0) is 29.7 Å². The topological polar surface area (TPSA) is 64.0 Å². The minimum absolute atomic E-state index is 0.117. The maximum atomic E-state index is 12.6. The summed E-state index contributed by atoms with van der Waals surface area (Å²) in [5.41, 5.74) is 7.50. The molecule has 1 aliphatic rings. The van der Waals surface area contributed by atoms with E-state index in [1.807, 2.05) is 54.7 Å². The highest BCUT2D eigenvalue weighted by Crippen LogP contribution is 2.32. The Balaban J connectivity index is 1.40. The molecule has 170 valence electrons. The number of aromatic nitrogens is 2. The van der Waals surface area contributed by atoms with Crippen molar-refractivity contribution >= 4 is 17.2 Å². The van der Waals surface area contributed by atoms with E-state index >= 15 is 0 Å². The molecule has 35 heavy (non-hydrogen) atoms. The number of Topliss-reactive ketones (excluding diaryl/α,β-unsaturated/α-hetero) is 2. The smallest absolute Gasteiger partial charge is 0.194 e. The van der Waals surface area contributed by atoms with Crippen molar-refractivity contribution in [2.45, 2.75) is 19.1 Å². The van der Waals surface area contributed by atoms with Crippen LogP contribution < -0.4 is 0 Å². The number of fused-ring (bicyclic) bond motifs is 1. The fourth-order valence-electron chi connectivity index (χ4n) is 4.45. The van der Waals surface area contributed by atoms with Gasteiger partial charge in [0, 0.05) is 29.1 Å². The van der Waals surface area contributed by atoms with Crippen molar-refractivity contribution in [3.63, 3.8) is 0 Å². The molecule has 3 heterocycles. The van der Waals surface area contributed by atoms with Crippen LogP contribution in [0.15, 0.2) is 103 Å². The van der Waals surface area contributed by atoms with Gasteiger partial charge >= 0.3 is 0 Å². The van der Waals surface area contributed by atoms with Crippen LogP contribution in [0.3, 0.4) is 0 Å². The summed E-state index contributed by atoms with van der Waals surface area (Å²) in [4.78, 5) is 29.0. The van der Waals surface area contributed by atoms with E-state index in [4.69, 9.17) is 9.72 Å². The molecule has 0 spiro atoms. The first kappa shape index (κ1) is 21.2. The zero-order valence-corrected chi connectivity index (χ0v) is 19.1. The lowest BCUT2D eigenvalue weighted by Crippen LogP contribution is -2.14. The maximum absolute atomic E-state index is 12.6. The number of nitrogens with zero attached hydrogens (tertiary/aromatic N) is 2. The molecule has 6 rings (SSSR count). The maximum Gasteiger partial charge on any atom is 0.194 e. The number of ketones is 2. The molecule has 0 aliphatic carbocycles. The summed E-state index contributed by atoms with van der Waals surface area (Å²) < 4.78 is 7.30. The molecule has 0 bridgehead atoms. The summed E-state index contributed by atoms with van der Waals surface area (Å²) in [7, 11) is 0. The van der Waals surface area contributed by atoms with E-state index in [9.17, 15) is 9.59 Å². The van der Waals surface area contributed by atoms with Crippen LogP contribution in [-0.2, 0) is 9.53 Å². The molecule has 1 aliphatic heterocycles. The molecule has 2 atom stereocenters. The van der Waals surface area contributed by atoms with Crippen molar-refractivity contribution in [1.29, 1.82) is 0 Å². The lowest BCUT2D eigenvalue weighted by Gasteiger charge is -2.09. The van der Waals surface area contributed by atoms with Crippen molar-refractivity contribution < 1.29 is 14.3 Å². The summed E-state index contributed by atoms with van der Waals surface area (Å²) in [6.07, 6.45) is 2.85. The number of epoxide rings is 1. The van der Waals surface area contributed by atoms with Gasteiger partial charge in [-0.3, -0.25) is 9.59 Å². The first-order valence-corrected chi connectivity index (χ1v) is 11.5. The van der Waals surface area contributed by atoms with Crippen LogP contribution >= 0.6 is 0 Å². The molecule has 0 saturated carbocycles. The lowest BCUT2D eigenvalue weighted by atomic mass is 10.0. The average molecular weight is 459 g/mol. The average Bonchev–Trinajstić information content (AvgIpc) is 3.60. The van der Waals surface area contributed by atoms with Crippen molar-refractivity contribution in [1.82, 2.24) is 9.38 Å². The first-order valence-electron chi connectivity index (χ1n) is 11.5. The van der Waals surface area contributed by atoms with Crippen molar-refractivity contribution in [2.24, 2.45) is 0 Å². The van der Waals surface area contributed by atoms with Crippen LogP contribution in [0.4, 0.5) is 0 Å². The quantitative estimate of drug-likeness (QED) is 0.236. The van der Waals surface area contributed by atoms with E-state index in [0.717, 1.165) is 39.2 Å². The number of carbonyl (C=O) groups is 2. The van der Waals surface area contributed by atoms with Gasteiger partial charge in [-0.2, -0.15) is 0 Å². The largest absolute Gasteiger partial charge is 0.353 e. The third kappa shape index (κ3) is 3.96. The minimum atomic E-state index is -0.654. The van der Waals surface area contributed by atoms with Crippen molar-refractivity contribution in [3.05, 3.63) is 109 Å². The van der Waals surface area contributed by atoms with E-state index in [1.165, 1.54) is 6.92 Å². The predicted molar refractivity (Wildman–Crippen MR) is 135 cm³/mol. The summed E-state index contributed by atoms with van der Waals surface area (Å²) >= 11 is 0. The van der Waals surface area contributed by atoms with Crippen LogP contribution in [0, 0.1) is 0 Å². The summed E-state index contributed by atoms with van der Waals surface area (Å²) in [6.45, 7) is 1.44. The van der Waals surface area contributed by atoms with Gasteiger partial charge in [0.2, 0.25) is 0 Å². The normalized spacial score (nSPS) is 16.8. The van der Waals surface area contributed by atoms with Crippen LogP contribution in [0.2, 0.25) is 0 Å². The molecule has 0 amide bonds. The Labute approximate surface area is 202 Å². The fourth-order valence-corrected chi connectivity index (χ4v) is 4.45. The van der Waals surface area contributed by atoms with E-state index in [1.54, 1.807) is 12.1 Å². The Hall–Kier alpha value is -4.35. The van der Waals surface area contributed by atoms with E-state index < -0.39 is 12.2 Å². The second kappa shape index (κ2) is 8.46. The molecule has 5 aromatic rings. The fraction of sp³-hybridized carbons (Fsp3) is 0.100. The molecule has 2 aromatic heterocycles. The number of imidazole rings is 1. The predicted octanol–water partition coefficient (Wildman–Crippen LogP) is 5.87. The number of ether oxygens (including phenoxy) is 1. The SMILES string of the molecule is CC(=O)C1OC1C(=O)c1ccc(-c2cn3cc(-c4ccccc4)cc(-c4ccccc4)c3n2)cc1. The van der Waals surface area contributed by atoms with Crippen molar-refractivity contribution in [2.75, 3.05) is 0 Å². The molecule has 5 heteroatoms. The van der Waals surface area contributed by atoms with E-state index in [-0.39, 0.29) is 11.6 Å². The van der Waals surface area contributed by atoms with Crippen LogP contribution in [0.25, 0.3) is 39.2 Å². The second-order valence-electron chi connectivity index (χ2n) is 8.76. The van der Waals surface area contributed by atoms with Gasteiger partial charge < -0.3 is 9.14 Å². The molecule has 5 nitrogen and oxygen atoms in total. The summed E-state index contributed by atoms with van der Waals surface area (Å²) in [6, 6.07) is 30.0. The second-order valence-corrected chi connectivity index (χ2v) is 8.76. The number of benzene rings is 3. The molecular weight excluding hydrogens is 436 g/mol. The Morgan fingerprint density at radius 3 is 2.03 bits per heavy atom. The number of hydrogen-bond donors (Lipinski definition) is 0. The third-order valence-electron chi connectivity index (χ3n) is 6.36. The first-order chi connectivity index (χ1) is 17.1. The Bertz CT molecular complexity index is 1550.